The number of imidazole rings is 1. The van der Waals surface area contributed by atoms with E-state index in [0.717, 1.165) is 11.3 Å². The molecule has 1 aliphatic rings. The number of amides is 1. The topological polar surface area (TPSA) is 87.9 Å². The van der Waals surface area contributed by atoms with E-state index in [1.165, 1.54) is 0 Å². The van der Waals surface area contributed by atoms with Crippen LogP contribution in [0.1, 0.15) is 23.6 Å². The lowest BCUT2D eigenvalue weighted by Crippen LogP contribution is -2.31. The Morgan fingerprint density at radius 1 is 1.06 bits per heavy atom. The number of nitrogens with zero attached hydrogens (tertiary/aromatic N) is 4. The maximum Gasteiger partial charge on any atom is 0.295 e. The number of aromatic nitrogens is 2. The fourth-order valence-electron chi connectivity index (χ4n) is 4.16. The van der Waals surface area contributed by atoms with Gasteiger partial charge in [0.15, 0.2) is 0 Å². The first-order valence-corrected chi connectivity index (χ1v) is 11.1. The molecule has 0 saturated carbocycles. The molecular formula is C26H28N4O4. The van der Waals surface area contributed by atoms with Gasteiger partial charge in [-0.2, -0.15) is 0 Å². The van der Waals surface area contributed by atoms with Crippen LogP contribution in [0.5, 0.6) is 5.75 Å². The molecule has 1 fully saturated rings. The number of likely N-dealkylation sites (tertiary alicyclic amines) is 1. The Labute approximate surface area is 198 Å². The Balaban J connectivity index is 1.72. The summed E-state index contributed by atoms with van der Waals surface area (Å²) < 4.78 is 7.11. The lowest BCUT2D eigenvalue weighted by Gasteiger charge is -2.26. The van der Waals surface area contributed by atoms with Crippen LogP contribution in [-0.4, -0.2) is 59.0 Å². The molecule has 1 amide bonds. The maximum absolute atomic E-state index is 13.1. The van der Waals surface area contributed by atoms with Gasteiger partial charge in [0.05, 0.1) is 25.1 Å². The fraction of sp³-hybridized carbons (Fsp3) is 0.269. The molecule has 176 valence electrons. The summed E-state index contributed by atoms with van der Waals surface area (Å²) >= 11 is 0. The number of ketones is 1. The van der Waals surface area contributed by atoms with Crippen molar-refractivity contribution in [3.05, 3.63) is 84.0 Å². The molecule has 0 radical (unpaired) electrons. The number of carbonyl (C=O) groups excluding carboxylic acids is 2. The number of hydrogen-bond donors (Lipinski definition) is 1. The molecule has 34 heavy (non-hydrogen) atoms. The predicted octanol–water partition coefficient (Wildman–Crippen LogP) is 3.47. The van der Waals surface area contributed by atoms with Crippen molar-refractivity contribution in [3.8, 4) is 5.75 Å². The fourth-order valence-corrected chi connectivity index (χ4v) is 4.16. The van der Waals surface area contributed by atoms with E-state index in [1.807, 2.05) is 54.0 Å². The second kappa shape index (κ2) is 9.82. The number of ether oxygens (including phenoxy) is 1. The van der Waals surface area contributed by atoms with Crippen molar-refractivity contribution in [1.29, 1.82) is 0 Å². The minimum absolute atomic E-state index is 0.0930. The number of carbonyl (C=O) groups is 2. The molecule has 0 bridgehead atoms. The number of aryl methyl sites for hydroxylation is 1. The number of aliphatic hydroxyl groups excluding tert-OH is 1. The predicted molar refractivity (Wildman–Crippen MR) is 130 cm³/mol. The van der Waals surface area contributed by atoms with E-state index < -0.39 is 17.7 Å². The highest BCUT2D eigenvalue weighted by Gasteiger charge is 2.45. The molecular weight excluding hydrogens is 432 g/mol. The smallest absolute Gasteiger partial charge is 0.295 e. The third-order valence-electron chi connectivity index (χ3n) is 6.00. The average molecular weight is 461 g/mol. The van der Waals surface area contributed by atoms with Crippen molar-refractivity contribution >= 4 is 23.1 Å². The van der Waals surface area contributed by atoms with Gasteiger partial charge in [-0.25, -0.2) is 4.98 Å². The Kier molecular flexibility index (Phi) is 6.67. The van der Waals surface area contributed by atoms with Crippen molar-refractivity contribution in [1.82, 2.24) is 14.5 Å². The van der Waals surface area contributed by atoms with Crippen LogP contribution in [0.4, 0.5) is 5.69 Å². The summed E-state index contributed by atoms with van der Waals surface area (Å²) in [6.07, 6.45) is 5.91. The zero-order chi connectivity index (χ0) is 24.2. The molecule has 8 heteroatoms. The summed E-state index contributed by atoms with van der Waals surface area (Å²) in [6, 6.07) is 13.8. The van der Waals surface area contributed by atoms with Gasteiger partial charge in [-0.05, 0) is 48.4 Å². The van der Waals surface area contributed by atoms with Crippen molar-refractivity contribution in [2.45, 2.75) is 19.0 Å². The van der Waals surface area contributed by atoms with Crippen LogP contribution in [0.15, 0.2) is 72.8 Å². The minimum atomic E-state index is -0.683. The number of Topliss-reactive ketones (excluding diaryl/α,β-unsaturated/α-hetero) is 1. The standard InChI is InChI=1S/C26H28N4O4/c1-28(2)20-9-5-18(6-10-20)23-22(24(31)19-7-11-21(34-3)12-8-19)25(32)26(33)30(23)15-4-14-29-16-13-27-17-29/h5-13,16-17,23,31H,4,14-15H2,1-3H3/b24-22+. The molecule has 2 heterocycles. The van der Waals surface area contributed by atoms with E-state index in [-0.39, 0.29) is 11.3 Å². The second-order valence-corrected chi connectivity index (χ2v) is 8.36. The van der Waals surface area contributed by atoms with E-state index in [9.17, 15) is 14.7 Å². The van der Waals surface area contributed by atoms with Gasteiger partial charge in [0.1, 0.15) is 11.5 Å². The van der Waals surface area contributed by atoms with Crippen molar-refractivity contribution in [3.63, 3.8) is 0 Å². The first kappa shape index (κ1) is 23.1. The quantitative estimate of drug-likeness (QED) is 0.315. The summed E-state index contributed by atoms with van der Waals surface area (Å²) in [7, 11) is 5.45. The molecule has 1 N–H and O–H groups in total. The van der Waals surface area contributed by atoms with E-state index in [1.54, 1.807) is 48.8 Å². The normalized spacial score (nSPS) is 17.3. The highest BCUT2D eigenvalue weighted by molar-refractivity contribution is 6.46. The highest BCUT2D eigenvalue weighted by Crippen LogP contribution is 2.40. The van der Waals surface area contributed by atoms with Gasteiger partial charge in [0.25, 0.3) is 11.7 Å². The van der Waals surface area contributed by atoms with Crippen LogP contribution >= 0.6 is 0 Å². The van der Waals surface area contributed by atoms with Crippen LogP contribution in [0, 0.1) is 0 Å². The molecule has 1 aliphatic heterocycles. The molecule has 4 rings (SSSR count). The number of benzene rings is 2. The van der Waals surface area contributed by atoms with Crippen LogP contribution < -0.4 is 9.64 Å². The molecule has 8 nitrogen and oxygen atoms in total. The lowest BCUT2D eigenvalue weighted by atomic mass is 9.95. The Bertz CT molecular complexity index is 1180. The first-order valence-electron chi connectivity index (χ1n) is 11.1. The number of anilines is 1. The third kappa shape index (κ3) is 4.52. The Morgan fingerprint density at radius 2 is 1.76 bits per heavy atom. The zero-order valence-corrected chi connectivity index (χ0v) is 19.5. The van der Waals surface area contributed by atoms with Gasteiger partial charge >= 0.3 is 0 Å². The molecule has 1 unspecified atom stereocenters. The molecule has 3 aromatic rings. The molecule has 1 saturated heterocycles. The molecule has 2 aromatic carbocycles. The van der Waals surface area contributed by atoms with Crippen molar-refractivity contribution in [2.24, 2.45) is 0 Å². The Morgan fingerprint density at radius 3 is 2.35 bits per heavy atom. The second-order valence-electron chi connectivity index (χ2n) is 8.36. The Hall–Kier alpha value is -4.07. The summed E-state index contributed by atoms with van der Waals surface area (Å²) in [5.41, 5.74) is 2.31. The largest absolute Gasteiger partial charge is 0.507 e. The number of aliphatic hydroxyl groups is 1. The number of hydrogen-bond acceptors (Lipinski definition) is 6. The third-order valence-corrected chi connectivity index (χ3v) is 6.00. The lowest BCUT2D eigenvalue weighted by molar-refractivity contribution is -0.139. The van der Waals surface area contributed by atoms with Gasteiger partial charge in [-0.3, -0.25) is 9.59 Å². The van der Waals surface area contributed by atoms with Gasteiger partial charge < -0.3 is 24.2 Å². The van der Waals surface area contributed by atoms with Crippen molar-refractivity contribution < 1.29 is 19.4 Å². The van der Waals surface area contributed by atoms with Gasteiger partial charge in [-0.15, -0.1) is 0 Å². The van der Waals surface area contributed by atoms with Crippen LogP contribution in [0.25, 0.3) is 5.76 Å². The SMILES string of the molecule is COc1ccc(/C(O)=C2\C(=O)C(=O)N(CCCn3ccnc3)C2c2ccc(N(C)C)cc2)cc1. The van der Waals surface area contributed by atoms with Crippen molar-refractivity contribution in [2.75, 3.05) is 32.6 Å². The van der Waals surface area contributed by atoms with E-state index in [2.05, 4.69) is 4.98 Å². The molecule has 0 spiro atoms. The van der Waals surface area contributed by atoms with E-state index in [0.29, 0.717) is 30.8 Å². The minimum Gasteiger partial charge on any atom is -0.507 e. The van der Waals surface area contributed by atoms with Crippen LogP contribution in [0.3, 0.4) is 0 Å². The number of methoxy groups -OCH3 is 1. The first-order chi connectivity index (χ1) is 16.4. The maximum atomic E-state index is 13.1. The number of rotatable bonds is 8. The summed E-state index contributed by atoms with van der Waals surface area (Å²) in [4.78, 5) is 33.8. The van der Waals surface area contributed by atoms with E-state index >= 15 is 0 Å². The summed E-state index contributed by atoms with van der Waals surface area (Å²) in [5, 5.41) is 11.2. The zero-order valence-electron chi connectivity index (χ0n) is 19.5. The molecule has 1 aromatic heterocycles. The monoisotopic (exact) mass is 460 g/mol. The molecule has 1 atom stereocenters. The van der Waals surface area contributed by atoms with Crippen LogP contribution in [-0.2, 0) is 16.1 Å². The highest BCUT2D eigenvalue weighted by atomic mass is 16.5. The van der Waals surface area contributed by atoms with Gasteiger partial charge in [0.2, 0.25) is 0 Å². The van der Waals surface area contributed by atoms with Gasteiger partial charge in [-0.1, -0.05) is 12.1 Å². The van der Waals surface area contributed by atoms with E-state index in [4.69, 9.17) is 4.74 Å². The molecule has 0 aliphatic carbocycles. The van der Waals surface area contributed by atoms with Gasteiger partial charge in [0, 0.05) is 50.8 Å². The average Bonchev–Trinajstić information content (AvgIpc) is 3.46. The summed E-state index contributed by atoms with van der Waals surface area (Å²) in [6.45, 7) is 1.02. The summed E-state index contributed by atoms with van der Waals surface area (Å²) in [5.74, 6) is -0.854. The van der Waals surface area contributed by atoms with Crippen LogP contribution in [0.2, 0.25) is 0 Å².